The Kier molecular flexibility index (Phi) is 7.98. The highest BCUT2D eigenvalue weighted by atomic mass is 16.5. The van der Waals surface area contributed by atoms with E-state index in [1.54, 1.807) is 0 Å². The molecule has 0 spiro atoms. The summed E-state index contributed by atoms with van der Waals surface area (Å²) in [4.78, 5) is 18.4. The minimum absolute atomic E-state index is 0.0981. The first kappa shape index (κ1) is 24.0. The molecule has 34 heavy (non-hydrogen) atoms. The molecular weight excluding hydrogens is 430 g/mol. The number of ether oxygens (including phenoxy) is 2. The van der Waals surface area contributed by atoms with Crippen molar-refractivity contribution in [2.75, 3.05) is 26.3 Å². The molecule has 2 aliphatic rings. The Labute approximate surface area is 201 Å². The summed E-state index contributed by atoms with van der Waals surface area (Å²) in [6, 6.07) is 17.5. The molecule has 0 bridgehead atoms. The lowest BCUT2D eigenvalue weighted by atomic mass is 9.89. The van der Waals surface area contributed by atoms with Crippen LogP contribution in [0.4, 0.5) is 0 Å². The molecule has 2 aromatic rings. The van der Waals surface area contributed by atoms with Crippen molar-refractivity contribution in [1.82, 2.24) is 10.4 Å². The van der Waals surface area contributed by atoms with E-state index in [1.165, 1.54) is 0 Å². The second kappa shape index (κ2) is 11.3. The zero-order valence-corrected chi connectivity index (χ0v) is 19.7. The highest BCUT2D eigenvalue weighted by Gasteiger charge is 2.50. The van der Waals surface area contributed by atoms with Crippen LogP contribution < -0.4 is 10.2 Å². The molecule has 7 nitrogen and oxygen atoms in total. The van der Waals surface area contributed by atoms with Gasteiger partial charge in [0.15, 0.2) is 5.54 Å². The second-order valence-electron chi connectivity index (χ2n) is 8.70. The maximum Gasteiger partial charge on any atom is 0.266 e. The molecule has 2 N–H and O–H groups in total. The Bertz CT molecular complexity index is 1000. The lowest BCUT2D eigenvalue weighted by Crippen LogP contribution is -2.55. The third kappa shape index (κ3) is 5.66. The Morgan fingerprint density at radius 3 is 2.65 bits per heavy atom. The third-order valence-electron chi connectivity index (χ3n) is 6.23. The molecule has 2 aliphatic heterocycles. The van der Waals surface area contributed by atoms with Crippen LogP contribution in [-0.4, -0.2) is 59.9 Å². The van der Waals surface area contributed by atoms with Crippen molar-refractivity contribution in [3.05, 3.63) is 71.8 Å². The Balaban J connectivity index is 1.56. The number of aliphatic hydroxyl groups is 1. The minimum Gasteiger partial charge on any atom is -0.494 e. The summed E-state index contributed by atoms with van der Waals surface area (Å²) in [6.45, 7) is 4.16. The number of carbonyl (C=O) groups excluding carboxylic acids is 1. The molecular formula is C27H33N3O4. The van der Waals surface area contributed by atoms with Crippen molar-refractivity contribution in [3.8, 4) is 5.75 Å². The van der Waals surface area contributed by atoms with E-state index < -0.39 is 11.6 Å². The second-order valence-corrected chi connectivity index (χ2v) is 8.70. The van der Waals surface area contributed by atoms with E-state index >= 15 is 0 Å². The number of hydrogen-bond donors (Lipinski definition) is 2. The maximum absolute atomic E-state index is 13.5. The van der Waals surface area contributed by atoms with Gasteiger partial charge in [-0.2, -0.15) is 0 Å². The molecule has 0 saturated carbocycles. The fourth-order valence-electron chi connectivity index (χ4n) is 4.19. The number of hydrazine groups is 1. The summed E-state index contributed by atoms with van der Waals surface area (Å²) in [5, 5.41) is 10.9. The first-order valence-corrected chi connectivity index (χ1v) is 12.0. The zero-order valence-electron chi connectivity index (χ0n) is 19.7. The molecule has 0 radical (unpaired) electrons. The van der Waals surface area contributed by atoms with Gasteiger partial charge in [0.25, 0.3) is 5.91 Å². The van der Waals surface area contributed by atoms with Crippen LogP contribution in [0.3, 0.4) is 0 Å². The molecule has 4 rings (SSSR count). The van der Waals surface area contributed by atoms with Gasteiger partial charge in [-0.25, -0.2) is 10.0 Å². The van der Waals surface area contributed by atoms with E-state index in [0.717, 1.165) is 37.1 Å². The SMILES string of the molecule is C[C@@H]1OC(c2ccc(OCCCO)cc2)=N[C@]1(C/C=C/c1ccccc1)C(=O)NN1CCCC1. The van der Waals surface area contributed by atoms with Crippen LogP contribution in [0, 0.1) is 0 Å². The van der Waals surface area contributed by atoms with Crippen LogP contribution in [0.2, 0.25) is 0 Å². The summed E-state index contributed by atoms with van der Waals surface area (Å²) >= 11 is 0. The van der Waals surface area contributed by atoms with Crippen molar-refractivity contribution < 1.29 is 19.4 Å². The van der Waals surface area contributed by atoms with Crippen LogP contribution in [0.25, 0.3) is 6.08 Å². The van der Waals surface area contributed by atoms with Gasteiger partial charge in [-0.05, 0) is 49.6 Å². The highest BCUT2D eigenvalue weighted by Crippen LogP contribution is 2.33. The van der Waals surface area contributed by atoms with E-state index in [0.29, 0.717) is 31.1 Å². The van der Waals surface area contributed by atoms with Crippen LogP contribution in [0.1, 0.15) is 43.7 Å². The summed E-state index contributed by atoms with van der Waals surface area (Å²) < 4.78 is 11.8. The van der Waals surface area contributed by atoms with Gasteiger partial charge in [0.2, 0.25) is 5.90 Å². The van der Waals surface area contributed by atoms with Gasteiger partial charge >= 0.3 is 0 Å². The molecule has 180 valence electrons. The molecule has 0 aliphatic carbocycles. The predicted molar refractivity (Wildman–Crippen MR) is 132 cm³/mol. The first-order valence-electron chi connectivity index (χ1n) is 12.0. The molecule has 1 saturated heterocycles. The lowest BCUT2D eigenvalue weighted by Gasteiger charge is -2.29. The molecule has 0 unspecified atom stereocenters. The molecule has 2 atom stereocenters. The summed E-state index contributed by atoms with van der Waals surface area (Å²) in [7, 11) is 0. The van der Waals surface area contributed by atoms with E-state index in [9.17, 15) is 4.79 Å². The Hall–Kier alpha value is -3.16. The van der Waals surface area contributed by atoms with Gasteiger partial charge in [0.1, 0.15) is 11.9 Å². The summed E-state index contributed by atoms with van der Waals surface area (Å²) in [5.41, 5.74) is 3.90. The van der Waals surface area contributed by atoms with Gasteiger partial charge in [-0.3, -0.25) is 10.2 Å². The molecule has 1 fully saturated rings. The fourth-order valence-corrected chi connectivity index (χ4v) is 4.19. The van der Waals surface area contributed by atoms with Crippen molar-refractivity contribution in [2.45, 2.75) is 44.2 Å². The average molecular weight is 464 g/mol. The number of benzene rings is 2. The summed E-state index contributed by atoms with van der Waals surface area (Å²) in [6.07, 6.45) is 6.76. The molecule has 0 aromatic heterocycles. The van der Waals surface area contributed by atoms with Crippen molar-refractivity contribution >= 4 is 17.9 Å². The van der Waals surface area contributed by atoms with Gasteiger partial charge in [0, 0.05) is 38.1 Å². The minimum atomic E-state index is -1.06. The number of amides is 1. The number of hydrogen-bond acceptors (Lipinski definition) is 6. The van der Waals surface area contributed by atoms with Crippen LogP contribution in [-0.2, 0) is 9.53 Å². The number of nitrogens with one attached hydrogen (secondary N) is 1. The third-order valence-corrected chi connectivity index (χ3v) is 6.23. The molecule has 2 aromatic carbocycles. The zero-order chi connectivity index (χ0) is 23.8. The van der Waals surface area contributed by atoms with Gasteiger partial charge < -0.3 is 14.6 Å². The van der Waals surface area contributed by atoms with Crippen LogP contribution in [0.5, 0.6) is 5.75 Å². The maximum atomic E-state index is 13.5. The van der Waals surface area contributed by atoms with Crippen molar-refractivity contribution in [1.29, 1.82) is 0 Å². The lowest BCUT2D eigenvalue weighted by molar-refractivity contribution is -0.132. The monoisotopic (exact) mass is 463 g/mol. The average Bonchev–Trinajstić information content (AvgIpc) is 3.49. The quantitative estimate of drug-likeness (QED) is 0.526. The van der Waals surface area contributed by atoms with E-state index in [2.05, 4.69) is 5.43 Å². The highest BCUT2D eigenvalue weighted by molar-refractivity contribution is 6.00. The number of aliphatic hydroxyl groups excluding tert-OH is 1. The van der Waals surface area contributed by atoms with E-state index in [4.69, 9.17) is 19.6 Å². The van der Waals surface area contributed by atoms with E-state index in [1.807, 2.05) is 78.7 Å². The van der Waals surface area contributed by atoms with Gasteiger partial charge in [-0.1, -0.05) is 42.5 Å². The summed E-state index contributed by atoms with van der Waals surface area (Å²) in [5.74, 6) is 1.03. The Morgan fingerprint density at radius 2 is 1.94 bits per heavy atom. The Morgan fingerprint density at radius 1 is 1.21 bits per heavy atom. The van der Waals surface area contributed by atoms with Crippen LogP contribution >= 0.6 is 0 Å². The number of carbonyl (C=O) groups is 1. The normalized spacial score (nSPS) is 22.5. The van der Waals surface area contributed by atoms with Crippen molar-refractivity contribution in [3.63, 3.8) is 0 Å². The molecule has 7 heteroatoms. The number of rotatable bonds is 10. The molecule has 1 amide bonds. The largest absolute Gasteiger partial charge is 0.494 e. The topological polar surface area (TPSA) is 83.4 Å². The molecule has 2 heterocycles. The van der Waals surface area contributed by atoms with Crippen molar-refractivity contribution in [2.24, 2.45) is 4.99 Å². The number of nitrogens with zero attached hydrogens (tertiary/aromatic N) is 2. The number of aliphatic imine (C=N–C) groups is 1. The smallest absolute Gasteiger partial charge is 0.266 e. The predicted octanol–water partition coefficient (Wildman–Crippen LogP) is 3.58. The van der Waals surface area contributed by atoms with Gasteiger partial charge in [-0.15, -0.1) is 0 Å². The van der Waals surface area contributed by atoms with E-state index in [-0.39, 0.29) is 12.5 Å². The van der Waals surface area contributed by atoms with Crippen LogP contribution in [0.15, 0.2) is 65.7 Å². The fraction of sp³-hybridized carbons (Fsp3) is 0.407. The standard InChI is InChI=1S/C27H33N3O4/c1-21-27(26(32)29-30-17-5-6-18-30,16-7-11-22-9-3-2-4-10-22)28-25(34-21)23-12-14-24(15-13-23)33-20-8-19-31/h2-4,7,9-15,21,31H,5-6,8,16-20H2,1H3,(H,29,32)/b11-7+/t21-,27-/m0/s1. The first-order chi connectivity index (χ1) is 16.6. The van der Waals surface area contributed by atoms with Gasteiger partial charge in [0.05, 0.1) is 6.61 Å².